The van der Waals surface area contributed by atoms with Crippen LogP contribution in [0.15, 0.2) is 24.3 Å². The lowest BCUT2D eigenvalue weighted by molar-refractivity contribution is -0.00611. The molecule has 0 N–H and O–H groups in total. The first-order valence-electron chi connectivity index (χ1n) is 8.57. The van der Waals surface area contributed by atoms with Crippen molar-refractivity contribution in [2.75, 3.05) is 0 Å². The Morgan fingerprint density at radius 3 is 1.54 bits per heavy atom. The quantitative estimate of drug-likeness (QED) is 0.697. The van der Waals surface area contributed by atoms with Crippen molar-refractivity contribution in [1.82, 2.24) is 4.90 Å². The SMILES string of the molecule is CC(=O)c1ccc([C@H](C)N(C(=O)OC(C)(C)C)C(=O)OC(C)(C)C)cc1. The van der Waals surface area contributed by atoms with Crippen LogP contribution in [0.4, 0.5) is 9.59 Å². The number of amides is 2. The first kappa shape index (κ1) is 21.7. The van der Waals surface area contributed by atoms with Gasteiger partial charge in [0.25, 0.3) is 0 Å². The van der Waals surface area contributed by atoms with Crippen molar-refractivity contribution in [2.24, 2.45) is 0 Å². The average Bonchev–Trinajstić information content (AvgIpc) is 2.43. The lowest BCUT2D eigenvalue weighted by Crippen LogP contribution is -2.44. The average molecular weight is 363 g/mol. The van der Waals surface area contributed by atoms with Crippen molar-refractivity contribution in [2.45, 2.75) is 72.6 Å². The fraction of sp³-hybridized carbons (Fsp3) is 0.550. The summed E-state index contributed by atoms with van der Waals surface area (Å²) in [4.78, 5) is 37.6. The fourth-order valence-electron chi connectivity index (χ4n) is 2.16. The van der Waals surface area contributed by atoms with Crippen LogP contribution in [0.1, 0.15) is 77.4 Å². The van der Waals surface area contributed by atoms with E-state index in [9.17, 15) is 14.4 Å². The van der Waals surface area contributed by atoms with E-state index in [0.717, 1.165) is 4.90 Å². The number of hydrogen-bond donors (Lipinski definition) is 0. The standard InChI is InChI=1S/C20H29NO5/c1-13(15-9-11-16(12-10-15)14(2)22)21(17(23)25-19(3,4)5)18(24)26-20(6,7)8/h9-13H,1-8H3/t13-/m0/s1. The van der Waals surface area contributed by atoms with Crippen LogP contribution in [-0.2, 0) is 9.47 Å². The first-order valence-corrected chi connectivity index (χ1v) is 8.57. The van der Waals surface area contributed by atoms with Gasteiger partial charge in [0.1, 0.15) is 11.2 Å². The van der Waals surface area contributed by atoms with E-state index in [2.05, 4.69) is 0 Å². The van der Waals surface area contributed by atoms with Crippen molar-refractivity contribution < 1.29 is 23.9 Å². The Hall–Kier alpha value is -2.37. The molecule has 0 fully saturated rings. The summed E-state index contributed by atoms with van der Waals surface area (Å²) < 4.78 is 10.7. The second kappa shape index (κ2) is 7.89. The molecule has 1 rings (SSSR count). The Morgan fingerprint density at radius 1 is 0.846 bits per heavy atom. The van der Waals surface area contributed by atoms with Crippen molar-refractivity contribution >= 4 is 18.0 Å². The molecular weight excluding hydrogens is 334 g/mol. The molecule has 0 aliphatic carbocycles. The van der Waals surface area contributed by atoms with Crippen LogP contribution in [0.2, 0.25) is 0 Å². The van der Waals surface area contributed by atoms with E-state index in [0.29, 0.717) is 11.1 Å². The Kier molecular flexibility index (Phi) is 6.58. The van der Waals surface area contributed by atoms with Gasteiger partial charge in [0.2, 0.25) is 0 Å². The van der Waals surface area contributed by atoms with Gasteiger partial charge in [-0.05, 0) is 61.0 Å². The summed E-state index contributed by atoms with van der Waals surface area (Å²) in [5.74, 6) is -0.0552. The number of rotatable bonds is 3. The van der Waals surface area contributed by atoms with Gasteiger partial charge in [-0.1, -0.05) is 24.3 Å². The number of benzene rings is 1. The molecule has 1 aromatic carbocycles. The summed E-state index contributed by atoms with van der Waals surface area (Å²) in [7, 11) is 0. The molecule has 0 bridgehead atoms. The van der Waals surface area contributed by atoms with Crippen LogP contribution in [0.5, 0.6) is 0 Å². The van der Waals surface area contributed by atoms with Gasteiger partial charge in [-0.3, -0.25) is 4.79 Å². The lowest BCUT2D eigenvalue weighted by Gasteiger charge is -2.32. The minimum atomic E-state index is -0.783. The molecule has 26 heavy (non-hydrogen) atoms. The highest BCUT2D eigenvalue weighted by Crippen LogP contribution is 2.25. The monoisotopic (exact) mass is 363 g/mol. The van der Waals surface area contributed by atoms with Gasteiger partial charge in [-0.15, -0.1) is 0 Å². The van der Waals surface area contributed by atoms with E-state index >= 15 is 0 Å². The third kappa shape index (κ3) is 6.50. The normalized spacial score (nSPS) is 12.9. The molecule has 0 radical (unpaired) electrons. The summed E-state index contributed by atoms with van der Waals surface area (Å²) in [6.45, 7) is 13.5. The Bertz CT molecular complexity index is 637. The van der Waals surface area contributed by atoms with Crippen LogP contribution in [-0.4, -0.2) is 34.1 Å². The zero-order valence-corrected chi connectivity index (χ0v) is 16.9. The van der Waals surface area contributed by atoms with Crippen LogP contribution < -0.4 is 0 Å². The van der Waals surface area contributed by atoms with Crippen molar-refractivity contribution in [1.29, 1.82) is 0 Å². The highest BCUT2D eigenvalue weighted by molar-refractivity contribution is 5.94. The second-order valence-corrected chi connectivity index (χ2v) is 8.18. The summed E-state index contributed by atoms with van der Waals surface area (Å²) in [5, 5.41) is 0. The summed E-state index contributed by atoms with van der Waals surface area (Å²) >= 11 is 0. The maximum atomic E-state index is 12.6. The smallest absolute Gasteiger partial charge is 0.420 e. The van der Waals surface area contributed by atoms with E-state index < -0.39 is 29.4 Å². The number of nitrogens with zero attached hydrogens (tertiary/aromatic N) is 1. The van der Waals surface area contributed by atoms with Gasteiger partial charge in [-0.25, -0.2) is 14.5 Å². The van der Waals surface area contributed by atoms with Crippen molar-refractivity contribution in [3.63, 3.8) is 0 Å². The Labute approximate surface area is 155 Å². The van der Waals surface area contributed by atoms with Gasteiger partial charge < -0.3 is 9.47 Å². The summed E-state index contributed by atoms with van der Waals surface area (Å²) in [6.07, 6.45) is -1.57. The molecule has 0 aliphatic heterocycles. The van der Waals surface area contributed by atoms with E-state index in [-0.39, 0.29) is 5.78 Å². The van der Waals surface area contributed by atoms with E-state index in [1.807, 2.05) is 0 Å². The molecule has 1 aromatic rings. The number of ether oxygens (including phenoxy) is 2. The predicted octanol–water partition coefficient (Wildman–Crippen LogP) is 5.12. The number of Topliss-reactive ketones (excluding diaryl/α,β-unsaturated/α-hetero) is 1. The lowest BCUT2D eigenvalue weighted by atomic mass is 10.0. The van der Waals surface area contributed by atoms with E-state index in [1.165, 1.54) is 6.92 Å². The predicted molar refractivity (Wildman–Crippen MR) is 99.2 cm³/mol. The molecule has 144 valence electrons. The minimum absolute atomic E-state index is 0.0552. The molecule has 0 saturated carbocycles. The molecule has 0 unspecified atom stereocenters. The van der Waals surface area contributed by atoms with Gasteiger partial charge in [0, 0.05) is 5.56 Å². The minimum Gasteiger partial charge on any atom is -0.443 e. The number of hydrogen-bond acceptors (Lipinski definition) is 5. The molecule has 1 atom stereocenters. The molecule has 0 spiro atoms. The molecular formula is C20H29NO5. The first-order chi connectivity index (χ1) is 11.7. The van der Waals surface area contributed by atoms with Crippen molar-refractivity contribution in [3.05, 3.63) is 35.4 Å². The topological polar surface area (TPSA) is 72.9 Å². The molecule has 0 aliphatic rings. The maximum Gasteiger partial charge on any atom is 0.420 e. The largest absolute Gasteiger partial charge is 0.443 e. The molecule has 2 amide bonds. The van der Waals surface area contributed by atoms with E-state index in [1.54, 1.807) is 72.7 Å². The Balaban J connectivity index is 3.18. The highest BCUT2D eigenvalue weighted by atomic mass is 16.6. The summed E-state index contributed by atoms with van der Waals surface area (Å²) in [5.41, 5.74) is -0.265. The Morgan fingerprint density at radius 2 is 1.23 bits per heavy atom. The van der Waals surface area contributed by atoms with Crippen LogP contribution in [0, 0.1) is 0 Å². The van der Waals surface area contributed by atoms with Crippen LogP contribution >= 0.6 is 0 Å². The second-order valence-electron chi connectivity index (χ2n) is 8.18. The zero-order valence-electron chi connectivity index (χ0n) is 16.9. The number of ketones is 1. The van der Waals surface area contributed by atoms with Gasteiger partial charge in [0.15, 0.2) is 5.78 Å². The van der Waals surface area contributed by atoms with Gasteiger partial charge in [0.05, 0.1) is 6.04 Å². The maximum absolute atomic E-state index is 12.6. The van der Waals surface area contributed by atoms with Crippen LogP contribution in [0.3, 0.4) is 0 Å². The van der Waals surface area contributed by atoms with Gasteiger partial charge in [-0.2, -0.15) is 0 Å². The van der Waals surface area contributed by atoms with Gasteiger partial charge >= 0.3 is 12.2 Å². The molecule has 0 aromatic heterocycles. The molecule has 0 heterocycles. The third-order valence-corrected chi connectivity index (χ3v) is 3.37. The number of carbonyl (C=O) groups is 3. The van der Waals surface area contributed by atoms with Crippen LogP contribution in [0.25, 0.3) is 0 Å². The molecule has 6 nitrogen and oxygen atoms in total. The van der Waals surface area contributed by atoms with Crippen molar-refractivity contribution in [3.8, 4) is 0 Å². The highest BCUT2D eigenvalue weighted by Gasteiger charge is 2.35. The fourth-order valence-corrected chi connectivity index (χ4v) is 2.16. The number of carbonyl (C=O) groups excluding carboxylic acids is 3. The third-order valence-electron chi connectivity index (χ3n) is 3.37. The zero-order chi connectivity index (χ0) is 20.3. The molecule has 6 heteroatoms. The molecule has 0 saturated heterocycles. The number of imide groups is 1. The van der Waals surface area contributed by atoms with E-state index in [4.69, 9.17) is 9.47 Å². The summed E-state index contributed by atoms with van der Waals surface area (Å²) in [6, 6.07) is 6.12.